The Morgan fingerprint density at radius 1 is 0.565 bits per heavy atom. The minimum absolute atomic E-state index is 0.0352. The van der Waals surface area contributed by atoms with Crippen LogP contribution in [0.4, 0.5) is 14.4 Å². The first-order chi connectivity index (χ1) is 22.5. The lowest BCUT2D eigenvalue weighted by atomic mass is 9.91. The second kappa shape index (κ2) is 8.76. The zero-order valence-corrected chi connectivity index (χ0v) is 24.2. The van der Waals surface area contributed by atoms with E-state index in [-0.39, 0.29) is 17.2 Å². The molecule has 6 nitrogen and oxygen atoms in total. The van der Waals surface area contributed by atoms with E-state index in [1.807, 2.05) is 54.6 Å². The molecule has 2 aliphatic heterocycles. The molecule has 218 valence electrons. The van der Waals surface area contributed by atoms with E-state index in [4.69, 9.17) is 0 Å². The van der Waals surface area contributed by atoms with Crippen LogP contribution in [0.3, 0.4) is 0 Å². The summed E-state index contributed by atoms with van der Waals surface area (Å²) in [5, 5.41) is 4.25. The predicted octanol–water partition coefficient (Wildman–Crippen LogP) is 7.94. The average Bonchev–Trinajstić information content (AvgIpc) is 3.70. The van der Waals surface area contributed by atoms with Crippen molar-refractivity contribution >= 4 is 68.1 Å². The number of pyridine rings is 1. The van der Waals surface area contributed by atoms with Crippen molar-refractivity contribution in [3.05, 3.63) is 145 Å². The van der Waals surface area contributed by atoms with Gasteiger partial charge in [0.25, 0.3) is 5.82 Å². The van der Waals surface area contributed by atoms with Crippen molar-refractivity contribution < 1.29 is 17.9 Å². The van der Waals surface area contributed by atoms with Crippen LogP contribution in [0.15, 0.2) is 139 Å². The zero-order valence-electron chi connectivity index (χ0n) is 24.2. The fourth-order valence-electron chi connectivity index (χ4n) is 7.46. The van der Waals surface area contributed by atoms with Gasteiger partial charge in [0.15, 0.2) is 0 Å². The maximum Gasteiger partial charge on any atom is 0.644 e. The van der Waals surface area contributed by atoms with Crippen LogP contribution in [0.1, 0.15) is 15.9 Å². The van der Waals surface area contributed by atoms with Gasteiger partial charge < -0.3 is 27.1 Å². The molecule has 3 aromatic heterocycles. The first kappa shape index (κ1) is 25.3. The number of rotatable bonds is 2. The van der Waals surface area contributed by atoms with Gasteiger partial charge in [-0.2, -0.15) is 0 Å². The lowest BCUT2D eigenvalue weighted by molar-refractivity contribution is -0.560. The summed E-state index contributed by atoms with van der Waals surface area (Å²) in [6, 6.07) is 41.0. The Bertz CT molecular complexity index is 2570. The number of para-hydroxylation sites is 4. The Labute approximate surface area is 260 Å². The highest BCUT2D eigenvalue weighted by molar-refractivity contribution is 6.64. The van der Waals surface area contributed by atoms with Crippen molar-refractivity contribution in [1.29, 1.82) is 0 Å². The Hall–Kier alpha value is -6.09. The monoisotopic (exact) mass is 601 g/mol. The van der Waals surface area contributed by atoms with Gasteiger partial charge in [0.2, 0.25) is 11.7 Å². The van der Waals surface area contributed by atoms with Crippen LogP contribution >= 0.6 is 0 Å². The third-order valence-corrected chi connectivity index (χ3v) is 9.41. The van der Waals surface area contributed by atoms with Gasteiger partial charge in [-0.3, -0.25) is 4.79 Å². The summed E-state index contributed by atoms with van der Waals surface area (Å²) in [7, 11) is 0. The predicted molar refractivity (Wildman–Crippen MR) is 177 cm³/mol. The molecule has 46 heavy (non-hydrogen) atoms. The molecule has 0 bridgehead atoms. The Balaban J connectivity index is 1.38. The summed E-state index contributed by atoms with van der Waals surface area (Å²) >= 11 is 0. The molecule has 0 N–H and O–H groups in total. The molecule has 5 heterocycles. The van der Waals surface area contributed by atoms with E-state index < -0.39 is 12.9 Å². The number of amides is 1. The Morgan fingerprint density at radius 2 is 1.00 bits per heavy atom. The van der Waals surface area contributed by atoms with E-state index in [0.29, 0.717) is 16.1 Å². The molecule has 1 amide bonds. The van der Waals surface area contributed by atoms with Gasteiger partial charge in [-0.25, -0.2) is 0 Å². The number of amidine groups is 1. The standard InChI is InChI=1S/C37H22BF2N5O/c39-38(40)42-20-10-9-19-35(42)41-36-27-21-33(43-29-15-5-1-11-23(29)24-12-2-6-16-30(24)43)34(22-28(27)37(46)45(36)38)44-31-17-7-3-13-25(31)26-14-4-8-18-32(26)44/h1-22H. The summed E-state index contributed by atoms with van der Waals surface area (Å²) < 4.78 is 37.5. The van der Waals surface area contributed by atoms with E-state index in [1.165, 1.54) is 12.3 Å². The lowest BCUT2D eigenvalue weighted by Gasteiger charge is -2.33. The highest BCUT2D eigenvalue weighted by Crippen LogP contribution is 2.42. The van der Waals surface area contributed by atoms with E-state index in [0.717, 1.165) is 53.8 Å². The van der Waals surface area contributed by atoms with Gasteiger partial charge in [0.1, 0.15) is 0 Å². The lowest BCUT2D eigenvalue weighted by Crippen LogP contribution is -2.72. The molecule has 0 spiro atoms. The number of hydrogen-bond donors (Lipinski definition) is 0. The maximum atomic E-state index is 16.2. The van der Waals surface area contributed by atoms with E-state index in [2.05, 4.69) is 62.7 Å². The van der Waals surface area contributed by atoms with Crippen LogP contribution < -0.4 is 4.48 Å². The largest absolute Gasteiger partial charge is 0.644 e. The Kier molecular flexibility index (Phi) is 4.81. The summed E-state index contributed by atoms with van der Waals surface area (Å²) in [5.41, 5.74) is 5.85. The number of fused-ring (bicyclic) bond motifs is 10. The quantitative estimate of drug-likeness (QED) is 0.186. The number of benzene rings is 5. The van der Waals surface area contributed by atoms with Crippen molar-refractivity contribution in [1.82, 2.24) is 13.9 Å². The molecule has 8 aromatic rings. The summed E-state index contributed by atoms with van der Waals surface area (Å²) in [4.78, 5) is 19.3. The molecule has 0 fully saturated rings. The first-order valence-corrected chi connectivity index (χ1v) is 15.1. The van der Waals surface area contributed by atoms with Gasteiger partial charge in [-0.05, 0) is 47.5 Å². The minimum atomic E-state index is -4.48. The number of halogens is 2. The molecule has 10 rings (SSSR count). The van der Waals surface area contributed by atoms with Crippen LogP contribution in [0, 0.1) is 0 Å². The molecule has 9 heteroatoms. The van der Waals surface area contributed by atoms with Crippen molar-refractivity contribution in [2.45, 2.75) is 0 Å². The van der Waals surface area contributed by atoms with Crippen LogP contribution in [-0.2, 0) is 0 Å². The molecule has 5 aromatic carbocycles. The third-order valence-electron chi connectivity index (χ3n) is 9.41. The SMILES string of the molecule is O=C1c2cc(-n3c4ccccc4c4ccccc43)c(-n3c4ccccc4c4ccccc43)cc2C2=Nc3cccc[n+]3[B-](F)(F)N12. The third kappa shape index (κ3) is 3.11. The number of nitrogens with zero attached hydrogens (tertiary/aromatic N) is 5. The molecule has 0 saturated carbocycles. The fourth-order valence-corrected chi connectivity index (χ4v) is 7.46. The number of aliphatic imine (C=N–C) groups is 1. The summed E-state index contributed by atoms with van der Waals surface area (Å²) in [6.07, 6.45) is 1.28. The normalized spacial score (nSPS) is 15.0. The highest BCUT2D eigenvalue weighted by Gasteiger charge is 2.56. The van der Waals surface area contributed by atoms with Crippen LogP contribution in [0.2, 0.25) is 0 Å². The van der Waals surface area contributed by atoms with Gasteiger partial charge in [-0.15, -0.1) is 0 Å². The van der Waals surface area contributed by atoms with Gasteiger partial charge in [0, 0.05) is 33.8 Å². The fraction of sp³-hybridized carbons (Fsp3) is 0. The summed E-state index contributed by atoms with van der Waals surface area (Å²) in [5.74, 6) is -0.701. The Morgan fingerprint density at radius 3 is 1.50 bits per heavy atom. The molecular formula is C37H22BF2N5O. The minimum Gasteiger partial charge on any atom is -0.414 e. The van der Waals surface area contributed by atoms with Gasteiger partial charge in [0.05, 0.1) is 44.6 Å². The molecule has 2 aliphatic rings. The number of hydrogen-bond acceptors (Lipinski definition) is 2. The zero-order chi connectivity index (χ0) is 30.7. The van der Waals surface area contributed by atoms with E-state index in [9.17, 15) is 4.79 Å². The molecule has 0 aliphatic carbocycles. The molecule has 0 unspecified atom stereocenters. The molecule has 0 radical (unpaired) electrons. The van der Waals surface area contributed by atoms with Crippen molar-refractivity contribution in [2.75, 3.05) is 0 Å². The van der Waals surface area contributed by atoms with E-state index >= 15 is 8.63 Å². The number of carbonyl (C=O) groups excluding carboxylic acids is 1. The maximum absolute atomic E-state index is 16.2. The van der Waals surface area contributed by atoms with Crippen LogP contribution in [-0.4, -0.2) is 32.7 Å². The summed E-state index contributed by atoms with van der Waals surface area (Å²) in [6.45, 7) is -4.48. The molecular weight excluding hydrogens is 579 g/mol. The van der Waals surface area contributed by atoms with Gasteiger partial charge in [-0.1, -0.05) is 78.9 Å². The number of carbonyl (C=O) groups is 1. The number of aromatic nitrogens is 3. The van der Waals surface area contributed by atoms with Crippen LogP contribution in [0.25, 0.3) is 55.0 Å². The van der Waals surface area contributed by atoms with Crippen molar-refractivity contribution in [3.63, 3.8) is 0 Å². The molecule has 0 saturated heterocycles. The topological polar surface area (TPSA) is 46.4 Å². The van der Waals surface area contributed by atoms with Crippen molar-refractivity contribution in [2.24, 2.45) is 4.99 Å². The van der Waals surface area contributed by atoms with E-state index in [1.54, 1.807) is 18.2 Å². The van der Waals surface area contributed by atoms with Crippen molar-refractivity contribution in [3.8, 4) is 11.4 Å². The van der Waals surface area contributed by atoms with Crippen LogP contribution in [0.5, 0.6) is 0 Å². The van der Waals surface area contributed by atoms with Gasteiger partial charge >= 0.3 is 6.97 Å². The second-order valence-corrected chi connectivity index (χ2v) is 11.8. The average molecular weight is 601 g/mol. The highest BCUT2D eigenvalue weighted by atomic mass is 19.2. The first-order valence-electron chi connectivity index (χ1n) is 15.1. The smallest absolute Gasteiger partial charge is 0.414 e. The molecule has 0 atom stereocenters. The second-order valence-electron chi connectivity index (χ2n) is 11.8.